The maximum absolute atomic E-state index is 12.9. The maximum atomic E-state index is 12.9. The molecule has 1 amide bonds. The molecule has 1 aliphatic heterocycles. The van der Waals surface area contributed by atoms with Crippen molar-refractivity contribution in [2.45, 2.75) is 43.9 Å². The highest BCUT2D eigenvalue weighted by molar-refractivity contribution is 7.89. The van der Waals surface area contributed by atoms with E-state index in [0.29, 0.717) is 11.5 Å². The van der Waals surface area contributed by atoms with Gasteiger partial charge in [0.05, 0.1) is 7.11 Å². The predicted octanol–water partition coefficient (Wildman–Crippen LogP) is 2.99. The van der Waals surface area contributed by atoms with Gasteiger partial charge in [0, 0.05) is 32.7 Å². The van der Waals surface area contributed by atoms with Crippen LogP contribution in [0.1, 0.15) is 49.4 Å². The van der Waals surface area contributed by atoms with E-state index in [0.717, 1.165) is 36.7 Å². The number of rotatable bonds is 6. The largest absolute Gasteiger partial charge is 0.495 e. The van der Waals surface area contributed by atoms with Gasteiger partial charge in [-0.2, -0.15) is 0 Å². The Kier molecular flexibility index (Phi) is 7.06. The van der Waals surface area contributed by atoms with Gasteiger partial charge in [-0.05, 0) is 43.4 Å². The SMILES string of the molecule is CCCC1CCCN(C(=O)c2ccc(OC)c(S(=O)(=O)N(C)C)c2)CC1. The van der Waals surface area contributed by atoms with Crippen molar-refractivity contribution in [1.82, 2.24) is 9.21 Å². The first-order valence-electron chi connectivity index (χ1n) is 9.21. The monoisotopic (exact) mass is 382 g/mol. The first-order valence-corrected chi connectivity index (χ1v) is 10.6. The molecular formula is C19H30N2O4S. The number of nitrogens with zero attached hydrogens (tertiary/aromatic N) is 2. The lowest BCUT2D eigenvalue weighted by molar-refractivity contribution is 0.0759. The van der Waals surface area contributed by atoms with E-state index in [1.54, 1.807) is 12.1 Å². The first kappa shape index (κ1) is 20.7. The van der Waals surface area contributed by atoms with Crippen molar-refractivity contribution < 1.29 is 17.9 Å². The average molecular weight is 383 g/mol. The number of sulfonamides is 1. The van der Waals surface area contributed by atoms with Crippen LogP contribution in [0.15, 0.2) is 23.1 Å². The predicted molar refractivity (Wildman–Crippen MR) is 102 cm³/mol. The summed E-state index contributed by atoms with van der Waals surface area (Å²) in [6.07, 6.45) is 5.53. The third-order valence-electron chi connectivity index (χ3n) is 5.00. The number of hydrogen-bond donors (Lipinski definition) is 0. The first-order chi connectivity index (χ1) is 12.3. The topological polar surface area (TPSA) is 66.9 Å². The second-order valence-electron chi connectivity index (χ2n) is 7.03. The van der Waals surface area contributed by atoms with Gasteiger partial charge < -0.3 is 9.64 Å². The van der Waals surface area contributed by atoms with Crippen molar-refractivity contribution in [2.24, 2.45) is 5.92 Å². The fraction of sp³-hybridized carbons (Fsp3) is 0.632. The molecule has 0 N–H and O–H groups in total. The molecule has 1 fully saturated rings. The number of likely N-dealkylation sites (tertiary alicyclic amines) is 1. The number of hydrogen-bond acceptors (Lipinski definition) is 4. The van der Waals surface area contributed by atoms with Crippen LogP contribution in [0.2, 0.25) is 0 Å². The Morgan fingerprint density at radius 2 is 2.00 bits per heavy atom. The zero-order valence-electron chi connectivity index (χ0n) is 16.2. The van der Waals surface area contributed by atoms with E-state index in [4.69, 9.17) is 4.74 Å². The number of methoxy groups -OCH3 is 1. The summed E-state index contributed by atoms with van der Waals surface area (Å²) >= 11 is 0. The molecule has 1 atom stereocenters. The third-order valence-corrected chi connectivity index (χ3v) is 6.84. The fourth-order valence-corrected chi connectivity index (χ4v) is 4.53. The van der Waals surface area contributed by atoms with Gasteiger partial charge in [-0.1, -0.05) is 19.8 Å². The van der Waals surface area contributed by atoms with Crippen molar-refractivity contribution in [3.63, 3.8) is 0 Å². The molecular weight excluding hydrogens is 352 g/mol. The van der Waals surface area contributed by atoms with E-state index in [2.05, 4.69) is 6.92 Å². The highest BCUT2D eigenvalue weighted by Gasteiger charge is 2.26. The number of amides is 1. The maximum Gasteiger partial charge on any atom is 0.253 e. The molecule has 1 heterocycles. The minimum Gasteiger partial charge on any atom is -0.495 e. The number of carbonyl (C=O) groups excluding carboxylic acids is 1. The molecule has 26 heavy (non-hydrogen) atoms. The Bertz CT molecular complexity index is 731. The molecule has 1 aromatic carbocycles. The highest BCUT2D eigenvalue weighted by Crippen LogP contribution is 2.28. The van der Waals surface area contributed by atoms with E-state index < -0.39 is 10.0 Å². The van der Waals surface area contributed by atoms with Gasteiger partial charge in [0.2, 0.25) is 10.0 Å². The summed E-state index contributed by atoms with van der Waals surface area (Å²) in [6, 6.07) is 4.64. The molecule has 2 rings (SSSR count). The van der Waals surface area contributed by atoms with Crippen LogP contribution < -0.4 is 4.74 Å². The van der Waals surface area contributed by atoms with Crippen LogP contribution in [0.4, 0.5) is 0 Å². The molecule has 1 unspecified atom stereocenters. The lowest BCUT2D eigenvalue weighted by Crippen LogP contribution is -2.32. The fourth-order valence-electron chi connectivity index (χ4n) is 3.46. The molecule has 146 valence electrons. The van der Waals surface area contributed by atoms with Gasteiger partial charge in [0.25, 0.3) is 5.91 Å². The molecule has 1 aliphatic rings. The van der Waals surface area contributed by atoms with Crippen LogP contribution in [0.25, 0.3) is 0 Å². The second kappa shape index (κ2) is 8.86. The number of ether oxygens (including phenoxy) is 1. The van der Waals surface area contributed by atoms with E-state index in [1.165, 1.54) is 40.1 Å². The molecule has 1 aromatic rings. The van der Waals surface area contributed by atoms with Crippen molar-refractivity contribution in [2.75, 3.05) is 34.3 Å². The molecule has 1 saturated heterocycles. The second-order valence-corrected chi connectivity index (χ2v) is 9.15. The summed E-state index contributed by atoms with van der Waals surface area (Å²) < 4.78 is 31.4. The molecule has 0 saturated carbocycles. The number of carbonyl (C=O) groups is 1. The Balaban J connectivity index is 2.27. The quantitative estimate of drug-likeness (QED) is 0.759. The van der Waals surface area contributed by atoms with Gasteiger partial charge in [0.1, 0.15) is 10.6 Å². The van der Waals surface area contributed by atoms with Crippen LogP contribution in [-0.2, 0) is 10.0 Å². The minimum atomic E-state index is -3.69. The Morgan fingerprint density at radius 3 is 2.62 bits per heavy atom. The van der Waals surface area contributed by atoms with E-state index in [-0.39, 0.29) is 16.6 Å². The van der Waals surface area contributed by atoms with Crippen molar-refractivity contribution >= 4 is 15.9 Å². The van der Waals surface area contributed by atoms with Gasteiger partial charge in [0.15, 0.2) is 0 Å². The van der Waals surface area contributed by atoms with Crippen LogP contribution in [0.5, 0.6) is 5.75 Å². The van der Waals surface area contributed by atoms with Crippen LogP contribution >= 0.6 is 0 Å². The minimum absolute atomic E-state index is 0.0227. The molecule has 6 nitrogen and oxygen atoms in total. The molecule has 0 aromatic heterocycles. The van der Waals surface area contributed by atoms with E-state index in [9.17, 15) is 13.2 Å². The summed E-state index contributed by atoms with van der Waals surface area (Å²) in [5, 5.41) is 0. The van der Waals surface area contributed by atoms with Gasteiger partial charge in [-0.15, -0.1) is 0 Å². The van der Waals surface area contributed by atoms with Crippen LogP contribution in [0, 0.1) is 5.92 Å². The van der Waals surface area contributed by atoms with Gasteiger partial charge in [-0.3, -0.25) is 4.79 Å². The zero-order valence-corrected chi connectivity index (χ0v) is 17.0. The number of benzene rings is 1. The Labute approximate surface area is 157 Å². The summed E-state index contributed by atoms with van der Waals surface area (Å²) in [6.45, 7) is 3.64. The molecule has 0 spiro atoms. The Morgan fingerprint density at radius 1 is 1.27 bits per heavy atom. The van der Waals surface area contributed by atoms with Crippen molar-refractivity contribution in [1.29, 1.82) is 0 Å². The van der Waals surface area contributed by atoms with E-state index in [1.807, 2.05) is 4.90 Å². The summed E-state index contributed by atoms with van der Waals surface area (Å²) in [5.41, 5.74) is 0.389. The smallest absolute Gasteiger partial charge is 0.253 e. The summed E-state index contributed by atoms with van der Waals surface area (Å²) in [5.74, 6) is 0.812. The molecule has 0 bridgehead atoms. The van der Waals surface area contributed by atoms with Crippen LogP contribution in [-0.4, -0.2) is 57.8 Å². The van der Waals surface area contributed by atoms with Crippen molar-refractivity contribution in [3.05, 3.63) is 23.8 Å². The van der Waals surface area contributed by atoms with Crippen LogP contribution in [0.3, 0.4) is 0 Å². The molecule has 0 aliphatic carbocycles. The Hall–Kier alpha value is -1.60. The van der Waals surface area contributed by atoms with Gasteiger partial charge >= 0.3 is 0 Å². The third kappa shape index (κ3) is 4.57. The van der Waals surface area contributed by atoms with Crippen molar-refractivity contribution in [3.8, 4) is 5.75 Å². The molecule has 7 heteroatoms. The lowest BCUT2D eigenvalue weighted by atomic mass is 9.96. The lowest BCUT2D eigenvalue weighted by Gasteiger charge is -2.22. The normalized spacial score (nSPS) is 18.7. The standard InChI is InChI=1S/C19H30N2O4S/c1-5-7-15-8-6-12-21(13-11-15)19(22)16-9-10-17(25-4)18(14-16)26(23,24)20(2)3/h9-10,14-15H,5-8,11-13H2,1-4H3. The summed E-state index contributed by atoms with van der Waals surface area (Å²) in [7, 11) is 0.661. The average Bonchev–Trinajstić information content (AvgIpc) is 2.86. The van der Waals surface area contributed by atoms with E-state index >= 15 is 0 Å². The molecule has 0 radical (unpaired) electrons. The van der Waals surface area contributed by atoms with Gasteiger partial charge in [-0.25, -0.2) is 12.7 Å². The summed E-state index contributed by atoms with van der Waals surface area (Å²) in [4.78, 5) is 14.8. The zero-order chi connectivity index (χ0) is 19.3. The highest BCUT2D eigenvalue weighted by atomic mass is 32.2.